The van der Waals surface area contributed by atoms with Gasteiger partial charge in [-0.2, -0.15) is 5.10 Å². The van der Waals surface area contributed by atoms with Crippen molar-refractivity contribution in [2.45, 2.75) is 13.0 Å². The number of fused-ring (bicyclic) bond motifs is 2. The molecular formula is C14H13N3O4. The number of aromatic nitrogens is 2. The minimum atomic E-state index is -0.278. The van der Waals surface area contributed by atoms with Crippen molar-refractivity contribution in [3.8, 4) is 17.4 Å². The monoisotopic (exact) mass is 287 g/mol. The molecule has 1 aromatic carbocycles. The van der Waals surface area contributed by atoms with Gasteiger partial charge in [0, 0.05) is 30.8 Å². The van der Waals surface area contributed by atoms with Crippen LogP contribution in [-0.4, -0.2) is 29.1 Å². The lowest BCUT2D eigenvalue weighted by molar-refractivity contribution is 0.102. The Labute approximate surface area is 120 Å². The fourth-order valence-electron chi connectivity index (χ4n) is 2.35. The second kappa shape index (κ2) is 4.69. The van der Waals surface area contributed by atoms with E-state index in [0.717, 1.165) is 13.0 Å². The number of hydrogen-bond acceptors (Lipinski definition) is 5. The Morgan fingerprint density at radius 1 is 1.19 bits per heavy atom. The number of hydrogen-bond donors (Lipinski definition) is 1. The van der Waals surface area contributed by atoms with Gasteiger partial charge in [-0.1, -0.05) is 0 Å². The molecule has 2 aromatic rings. The summed E-state index contributed by atoms with van der Waals surface area (Å²) in [5, 5.41) is 7.03. The van der Waals surface area contributed by atoms with E-state index in [0.29, 0.717) is 35.4 Å². The Balaban J connectivity index is 1.54. The van der Waals surface area contributed by atoms with Crippen molar-refractivity contribution in [2.24, 2.45) is 0 Å². The van der Waals surface area contributed by atoms with Crippen LogP contribution in [0.3, 0.4) is 0 Å². The van der Waals surface area contributed by atoms with E-state index in [1.807, 2.05) is 0 Å². The summed E-state index contributed by atoms with van der Waals surface area (Å²) < 4.78 is 17.7. The summed E-state index contributed by atoms with van der Waals surface area (Å²) in [4.78, 5) is 12.2. The molecule has 0 saturated carbocycles. The fourth-order valence-corrected chi connectivity index (χ4v) is 2.35. The van der Waals surface area contributed by atoms with E-state index in [2.05, 4.69) is 10.4 Å². The van der Waals surface area contributed by atoms with Crippen LogP contribution in [0, 0.1) is 0 Å². The number of amides is 1. The number of carbonyl (C=O) groups excluding carboxylic acids is 1. The highest BCUT2D eigenvalue weighted by atomic mass is 16.7. The van der Waals surface area contributed by atoms with Crippen LogP contribution in [0.5, 0.6) is 17.4 Å². The summed E-state index contributed by atoms with van der Waals surface area (Å²) in [7, 11) is 0. The lowest BCUT2D eigenvalue weighted by Crippen LogP contribution is -2.16. The number of nitrogens with zero attached hydrogens (tertiary/aromatic N) is 2. The van der Waals surface area contributed by atoms with E-state index in [1.54, 1.807) is 28.9 Å². The number of carbonyl (C=O) groups is 1. The molecule has 2 aliphatic heterocycles. The molecule has 0 aliphatic carbocycles. The van der Waals surface area contributed by atoms with Crippen molar-refractivity contribution < 1.29 is 19.0 Å². The Kier molecular flexibility index (Phi) is 2.70. The fraction of sp³-hybridized carbons (Fsp3) is 0.286. The molecule has 0 saturated heterocycles. The maximum Gasteiger partial charge on any atom is 0.276 e. The average molecular weight is 287 g/mol. The molecule has 2 aliphatic rings. The average Bonchev–Trinajstić information content (AvgIpc) is 3.13. The van der Waals surface area contributed by atoms with E-state index in [4.69, 9.17) is 14.2 Å². The van der Waals surface area contributed by atoms with Crippen LogP contribution in [0.15, 0.2) is 24.3 Å². The zero-order valence-corrected chi connectivity index (χ0v) is 11.2. The van der Waals surface area contributed by atoms with Crippen molar-refractivity contribution in [1.29, 1.82) is 0 Å². The molecule has 1 N–H and O–H groups in total. The van der Waals surface area contributed by atoms with Crippen LogP contribution >= 0.6 is 0 Å². The summed E-state index contributed by atoms with van der Waals surface area (Å²) in [6, 6.07) is 6.91. The van der Waals surface area contributed by atoms with Crippen molar-refractivity contribution in [3.05, 3.63) is 30.0 Å². The largest absolute Gasteiger partial charge is 0.478 e. The van der Waals surface area contributed by atoms with Gasteiger partial charge in [0.1, 0.15) is 0 Å². The normalized spacial score (nSPS) is 15.2. The lowest BCUT2D eigenvalue weighted by atomic mass is 10.2. The maximum absolute atomic E-state index is 12.2. The van der Waals surface area contributed by atoms with Crippen molar-refractivity contribution in [1.82, 2.24) is 9.78 Å². The van der Waals surface area contributed by atoms with E-state index in [9.17, 15) is 4.79 Å². The molecule has 0 spiro atoms. The van der Waals surface area contributed by atoms with Crippen molar-refractivity contribution >= 4 is 11.6 Å². The number of benzene rings is 1. The first-order valence-corrected chi connectivity index (χ1v) is 6.71. The Morgan fingerprint density at radius 3 is 3.00 bits per heavy atom. The molecule has 0 fully saturated rings. The van der Waals surface area contributed by atoms with Gasteiger partial charge in [-0.15, -0.1) is 0 Å². The Morgan fingerprint density at radius 2 is 2.10 bits per heavy atom. The van der Waals surface area contributed by atoms with Gasteiger partial charge in [-0.25, -0.2) is 4.68 Å². The summed E-state index contributed by atoms with van der Waals surface area (Å²) in [6.45, 7) is 1.64. The van der Waals surface area contributed by atoms with E-state index >= 15 is 0 Å². The number of ether oxygens (including phenoxy) is 3. The topological polar surface area (TPSA) is 74.6 Å². The van der Waals surface area contributed by atoms with Crippen LogP contribution in [0.1, 0.15) is 16.9 Å². The number of aryl methyl sites for hydroxylation is 1. The van der Waals surface area contributed by atoms with Crippen LogP contribution in [0.25, 0.3) is 0 Å². The zero-order valence-electron chi connectivity index (χ0n) is 11.2. The SMILES string of the molecule is O=C(Nc1ccc2c(c1)OCO2)c1cc2n(n1)CCCO2. The van der Waals surface area contributed by atoms with Gasteiger partial charge in [0.25, 0.3) is 5.91 Å². The van der Waals surface area contributed by atoms with Crippen molar-refractivity contribution in [3.63, 3.8) is 0 Å². The van der Waals surface area contributed by atoms with Crippen LogP contribution in [-0.2, 0) is 6.54 Å². The van der Waals surface area contributed by atoms with E-state index < -0.39 is 0 Å². The highest BCUT2D eigenvalue weighted by molar-refractivity contribution is 6.03. The maximum atomic E-state index is 12.2. The quantitative estimate of drug-likeness (QED) is 0.909. The molecule has 3 heterocycles. The zero-order chi connectivity index (χ0) is 14.2. The molecule has 0 bridgehead atoms. The predicted molar refractivity (Wildman–Crippen MR) is 72.9 cm³/mol. The highest BCUT2D eigenvalue weighted by Gasteiger charge is 2.19. The molecule has 1 amide bonds. The van der Waals surface area contributed by atoms with Gasteiger partial charge in [0.05, 0.1) is 6.61 Å². The molecule has 0 atom stereocenters. The molecule has 0 radical (unpaired) electrons. The molecule has 0 unspecified atom stereocenters. The first-order valence-electron chi connectivity index (χ1n) is 6.71. The van der Waals surface area contributed by atoms with Crippen LogP contribution < -0.4 is 19.5 Å². The summed E-state index contributed by atoms with van der Waals surface area (Å²) in [5.74, 6) is 1.66. The van der Waals surface area contributed by atoms with Gasteiger partial charge in [0.2, 0.25) is 12.7 Å². The summed E-state index contributed by atoms with van der Waals surface area (Å²) in [5.41, 5.74) is 0.973. The highest BCUT2D eigenvalue weighted by Crippen LogP contribution is 2.34. The standard InChI is InChI=1S/C14H13N3O4/c18-14(10-7-13-17(16-10)4-1-5-19-13)15-9-2-3-11-12(6-9)21-8-20-11/h2-3,6-7H,1,4-5,8H2,(H,15,18). The van der Waals surface area contributed by atoms with Gasteiger partial charge >= 0.3 is 0 Å². The first kappa shape index (κ1) is 12.1. The van der Waals surface area contributed by atoms with E-state index in [-0.39, 0.29) is 12.7 Å². The van der Waals surface area contributed by atoms with E-state index in [1.165, 1.54) is 0 Å². The third-order valence-electron chi connectivity index (χ3n) is 3.37. The van der Waals surface area contributed by atoms with Gasteiger partial charge < -0.3 is 19.5 Å². The van der Waals surface area contributed by atoms with Crippen LogP contribution in [0.2, 0.25) is 0 Å². The smallest absolute Gasteiger partial charge is 0.276 e. The minimum absolute atomic E-state index is 0.206. The third-order valence-corrected chi connectivity index (χ3v) is 3.37. The third kappa shape index (κ3) is 2.16. The molecule has 7 heteroatoms. The minimum Gasteiger partial charge on any atom is -0.478 e. The second-order valence-electron chi connectivity index (χ2n) is 4.82. The molecule has 1 aromatic heterocycles. The molecule has 21 heavy (non-hydrogen) atoms. The van der Waals surface area contributed by atoms with Gasteiger partial charge in [-0.3, -0.25) is 4.79 Å². The molecule has 7 nitrogen and oxygen atoms in total. The molecular weight excluding hydrogens is 274 g/mol. The lowest BCUT2D eigenvalue weighted by Gasteiger charge is -2.13. The first-order chi connectivity index (χ1) is 10.3. The number of rotatable bonds is 2. The molecule has 4 rings (SSSR count). The van der Waals surface area contributed by atoms with Gasteiger partial charge in [0.15, 0.2) is 17.2 Å². The summed E-state index contributed by atoms with van der Waals surface area (Å²) >= 11 is 0. The molecule has 108 valence electrons. The summed E-state index contributed by atoms with van der Waals surface area (Å²) in [6.07, 6.45) is 0.901. The Bertz CT molecular complexity index is 687. The van der Waals surface area contributed by atoms with Crippen LogP contribution in [0.4, 0.5) is 5.69 Å². The number of nitrogens with one attached hydrogen (secondary N) is 1. The van der Waals surface area contributed by atoms with Gasteiger partial charge in [-0.05, 0) is 12.1 Å². The van der Waals surface area contributed by atoms with Crippen molar-refractivity contribution in [2.75, 3.05) is 18.7 Å². The Hall–Kier alpha value is -2.70. The number of anilines is 1. The second-order valence-corrected chi connectivity index (χ2v) is 4.82. The predicted octanol–water partition coefficient (Wildman–Crippen LogP) is 1.65.